The van der Waals surface area contributed by atoms with E-state index in [-0.39, 0.29) is 13.0 Å². The van der Waals surface area contributed by atoms with Crippen molar-refractivity contribution in [1.29, 1.82) is 0 Å². The molecule has 0 aromatic heterocycles. The predicted octanol–water partition coefficient (Wildman–Crippen LogP) is 1.59. The van der Waals surface area contributed by atoms with E-state index in [0.717, 1.165) is 4.90 Å². The van der Waals surface area contributed by atoms with E-state index in [1.807, 2.05) is 0 Å². The lowest BCUT2D eigenvalue weighted by molar-refractivity contribution is -0.00236. The van der Waals surface area contributed by atoms with E-state index < -0.39 is 30.2 Å². The fourth-order valence-electron chi connectivity index (χ4n) is 1.64. The molecule has 4 nitrogen and oxygen atoms in total. The summed E-state index contributed by atoms with van der Waals surface area (Å²) in [6.45, 7) is 4.49. The number of halogens is 2. The second-order valence-corrected chi connectivity index (χ2v) is 5.06. The first-order valence-electron chi connectivity index (χ1n) is 5.22. The van der Waals surface area contributed by atoms with Gasteiger partial charge in [0.05, 0.1) is 12.6 Å². The van der Waals surface area contributed by atoms with Gasteiger partial charge < -0.3 is 10.5 Å². The number of amides is 1. The molecule has 0 unspecified atom stereocenters. The minimum Gasteiger partial charge on any atom is -0.444 e. The van der Waals surface area contributed by atoms with Gasteiger partial charge in [0.15, 0.2) is 0 Å². The third-order valence-electron chi connectivity index (χ3n) is 2.28. The van der Waals surface area contributed by atoms with Crippen LogP contribution in [0, 0.1) is 0 Å². The van der Waals surface area contributed by atoms with Gasteiger partial charge in [-0.2, -0.15) is 0 Å². The summed E-state index contributed by atoms with van der Waals surface area (Å²) in [4.78, 5) is 12.7. The van der Waals surface area contributed by atoms with Crippen molar-refractivity contribution < 1.29 is 18.3 Å². The summed E-state index contributed by atoms with van der Waals surface area (Å²) in [6.07, 6.45) is -1.11. The summed E-state index contributed by atoms with van der Waals surface area (Å²) < 4.78 is 31.3. The third kappa shape index (κ3) is 3.30. The predicted molar refractivity (Wildman–Crippen MR) is 55.3 cm³/mol. The Morgan fingerprint density at radius 1 is 1.56 bits per heavy atom. The molecular weight excluding hydrogens is 218 g/mol. The van der Waals surface area contributed by atoms with Gasteiger partial charge in [0.1, 0.15) is 5.60 Å². The van der Waals surface area contributed by atoms with Crippen LogP contribution in [0.15, 0.2) is 0 Å². The largest absolute Gasteiger partial charge is 0.444 e. The summed E-state index contributed by atoms with van der Waals surface area (Å²) in [5.74, 6) is -2.86. The minimum atomic E-state index is -2.86. The normalized spacial score (nSPS) is 24.6. The molecule has 0 aliphatic carbocycles. The number of carbonyl (C=O) groups excluding carboxylic acids is 1. The summed E-state index contributed by atoms with van der Waals surface area (Å²) in [5, 5.41) is 0. The molecule has 1 rings (SSSR count). The first kappa shape index (κ1) is 13.2. The van der Waals surface area contributed by atoms with E-state index in [1.54, 1.807) is 20.8 Å². The maximum absolute atomic E-state index is 13.1. The number of rotatable bonds is 1. The summed E-state index contributed by atoms with van der Waals surface area (Å²) >= 11 is 0. The Morgan fingerprint density at radius 3 is 2.56 bits per heavy atom. The summed E-state index contributed by atoms with van der Waals surface area (Å²) in [6, 6.07) is -0.634. The molecule has 2 N–H and O–H groups in total. The average Bonchev–Trinajstić information content (AvgIpc) is 2.38. The van der Waals surface area contributed by atoms with Crippen LogP contribution in [0.25, 0.3) is 0 Å². The van der Waals surface area contributed by atoms with Crippen LogP contribution in [0.3, 0.4) is 0 Å². The lowest BCUT2D eigenvalue weighted by Gasteiger charge is -2.27. The monoisotopic (exact) mass is 236 g/mol. The molecule has 6 heteroatoms. The summed E-state index contributed by atoms with van der Waals surface area (Å²) in [7, 11) is 0. The zero-order valence-electron chi connectivity index (χ0n) is 9.80. The van der Waals surface area contributed by atoms with E-state index in [0.29, 0.717) is 0 Å². The van der Waals surface area contributed by atoms with Crippen LogP contribution >= 0.6 is 0 Å². The van der Waals surface area contributed by atoms with Crippen LogP contribution < -0.4 is 5.73 Å². The smallest absolute Gasteiger partial charge is 0.410 e. The average molecular weight is 236 g/mol. The van der Waals surface area contributed by atoms with Crippen LogP contribution in [0.1, 0.15) is 27.2 Å². The minimum absolute atomic E-state index is 0.0227. The van der Waals surface area contributed by atoms with Crippen molar-refractivity contribution in [2.45, 2.75) is 44.8 Å². The fourth-order valence-corrected chi connectivity index (χ4v) is 1.64. The standard InChI is InChI=1S/C10H18F2N2O2/c1-9(2,3)16-8(15)14-6-10(11,12)4-7(14)5-13/h7H,4-6,13H2,1-3H3/t7-/m1/s1. The zero-order valence-corrected chi connectivity index (χ0v) is 9.80. The van der Waals surface area contributed by atoms with Gasteiger partial charge >= 0.3 is 6.09 Å². The van der Waals surface area contributed by atoms with E-state index >= 15 is 0 Å². The molecule has 0 aromatic rings. The van der Waals surface area contributed by atoms with Crippen molar-refractivity contribution in [3.05, 3.63) is 0 Å². The molecule has 1 heterocycles. The number of likely N-dealkylation sites (tertiary alicyclic amines) is 1. The van der Waals surface area contributed by atoms with Gasteiger partial charge in [0.2, 0.25) is 0 Å². The first-order chi connectivity index (χ1) is 7.14. The van der Waals surface area contributed by atoms with Gasteiger partial charge in [-0.15, -0.1) is 0 Å². The molecule has 1 aliphatic heterocycles. The van der Waals surface area contributed by atoms with Crippen molar-refractivity contribution in [3.8, 4) is 0 Å². The van der Waals surface area contributed by atoms with Crippen molar-refractivity contribution in [2.24, 2.45) is 5.73 Å². The number of hydrogen-bond donors (Lipinski definition) is 1. The Bertz CT molecular complexity index is 276. The molecule has 1 saturated heterocycles. The van der Waals surface area contributed by atoms with Gasteiger partial charge in [-0.05, 0) is 20.8 Å². The van der Waals surface area contributed by atoms with Gasteiger partial charge in [0, 0.05) is 13.0 Å². The SMILES string of the molecule is CC(C)(C)OC(=O)N1CC(F)(F)C[C@@H]1CN. The Balaban J connectivity index is 2.69. The van der Waals surface area contributed by atoms with E-state index in [4.69, 9.17) is 10.5 Å². The topological polar surface area (TPSA) is 55.6 Å². The van der Waals surface area contributed by atoms with E-state index in [1.165, 1.54) is 0 Å². The van der Waals surface area contributed by atoms with Crippen molar-refractivity contribution >= 4 is 6.09 Å². The van der Waals surface area contributed by atoms with Crippen LogP contribution in [0.5, 0.6) is 0 Å². The van der Waals surface area contributed by atoms with Gasteiger partial charge in [-0.1, -0.05) is 0 Å². The number of hydrogen-bond acceptors (Lipinski definition) is 3. The van der Waals surface area contributed by atoms with Crippen LogP contribution in [-0.4, -0.2) is 41.6 Å². The first-order valence-corrected chi connectivity index (χ1v) is 5.22. The number of alkyl halides is 2. The highest BCUT2D eigenvalue weighted by Crippen LogP contribution is 2.32. The molecular formula is C10H18F2N2O2. The molecule has 0 saturated carbocycles. The Labute approximate surface area is 93.7 Å². The quantitative estimate of drug-likeness (QED) is 0.752. The maximum Gasteiger partial charge on any atom is 0.410 e. The fraction of sp³-hybridized carbons (Fsp3) is 0.900. The Hall–Kier alpha value is -0.910. The second-order valence-electron chi connectivity index (χ2n) is 5.06. The molecule has 0 spiro atoms. The van der Waals surface area contributed by atoms with E-state index in [9.17, 15) is 13.6 Å². The highest BCUT2D eigenvalue weighted by atomic mass is 19.3. The van der Waals surface area contributed by atoms with Crippen molar-refractivity contribution in [1.82, 2.24) is 4.90 Å². The number of nitrogens with two attached hydrogens (primary N) is 1. The van der Waals surface area contributed by atoms with Gasteiger partial charge in [0.25, 0.3) is 5.92 Å². The van der Waals surface area contributed by atoms with E-state index in [2.05, 4.69) is 0 Å². The molecule has 94 valence electrons. The Kier molecular flexibility index (Phi) is 3.42. The third-order valence-corrected chi connectivity index (χ3v) is 2.28. The molecule has 1 aliphatic rings. The number of ether oxygens (including phenoxy) is 1. The molecule has 1 atom stereocenters. The maximum atomic E-state index is 13.1. The zero-order chi connectivity index (χ0) is 12.6. The lowest BCUT2D eigenvalue weighted by Crippen LogP contribution is -2.43. The van der Waals surface area contributed by atoms with Crippen LogP contribution in [0.2, 0.25) is 0 Å². The summed E-state index contributed by atoms with van der Waals surface area (Å²) in [5.41, 5.74) is 4.68. The van der Waals surface area contributed by atoms with Gasteiger partial charge in [-0.25, -0.2) is 13.6 Å². The molecule has 1 fully saturated rings. The molecule has 16 heavy (non-hydrogen) atoms. The lowest BCUT2D eigenvalue weighted by atomic mass is 10.2. The molecule has 0 bridgehead atoms. The molecule has 0 aromatic carbocycles. The Morgan fingerprint density at radius 2 is 2.12 bits per heavy atom. The highest BCUT2D eigenvalue weighted by molar-refractivity contribution is 5.69. The van der Waals surface area contributed by atoms with Crippen LogP contribution in [0.4, 0.5) is 13.6 Å². The van der Waals surface area contributed by atoms with Gasteiger partial charge in [-0.3, -0.25) is 4.90 Å². The number of nitrogens with zero attached hydrogens (tertiary/aromatic N) is 1. The van der Waals surface area contributed by atoms with Crippen LogP contribution in [-0.2, 0) is 4.74 Å². The second kappa shape index (κ2) is 4.16. The molecule has 0 radical (unpaired) electrons. The van der Waals surface area contributed by atoms with Crippen molar-refractivity contribution in [3.63, 3.8) is 0 Å². The molecule has 1 amide bonds. The van der Waals surface area contributed by atoms with Crippen molar-refractivity contribution in [2.75, 3.05) is 13.1 Å². The number of carbonyl (C=O) groups is 1. The highest BCUT2D eigenvalue weighted by Gasteiger charge is 2.47.